The summed E-state index contributed by atoms with van der Waals surface area (Å²) in [7, 11) is 0. The first-order valence-corrected chi connectivity index (χ1v) is 9.75. The molecular formula is C23H30N2O3. The van der Waals surface area contributed by atoms with E-state index in [1.807, 2.05) is 63.2 Å². The van der Waals surface area contributed by atoms with Crippen molar-refractivity contribution in [3.05, 3.63) is 53.6 Å². The van der Waals surface area contributed by atoms with Crippen LogP contribution in [0.5, 0.6) is 5.75 Å². The molecule has 0 aliphatic heterocycles. The molecule has 0 saturated heterocycles. The number of ether oxygens (including phenoxy) is 1. The first kappa shape index (κ1) is 21.5. The molecule has 1 N–H and O–H groups in total. The summed E-state index contributed by atoms with van der Waals surface area (Å²) in [5.41, 5.74) is 3.77. The summed E-state index contributed by atoms with van der Waals surface area (Å²) in [5.74, 6) is 0.574. The van der Waals surface area contributed by atoms with Gasteiger partial charge in [0.25, 0.3) is 0 Å². The van der Waals surface area contributed by atoms with Crippen LogP contribution in [0.1, 0.15) is 45.2 Å². The number of nitrogens with zero attached hydrogens (tertiary/aromatic N) is 1. The van der Waals surface area contributed by atoms with Crippen molar-refractivity contribution in [3.63, 3.8) is 0 Å². The van der Waals surface area contributed by atoms with E-state index in [-0.39, 0.29) is 24.3 Å². The van der Waals surface area contributed by atoms with Crippen molar-refractivity contribution in [1.82, 2.24) is 0 Å². The van der Waals surface area contributed by atoms with E-state index in [1.165, 1.54) is 6.92 Å². The summed E-state index contributed by atoms with van der Waals surface area (Å²) in [4.78, 5) is 26.3. The van der Waals surface area contributed by atoms with E-state index in [1.54, 1.807) is 4.90 Å². The Morgan fingerprint density at radius 2 is 1.79 bits per heavy atom. The summed E-state index contributed by atoms with van der Waals surface area (Å²) in [6.45, 7) is 9.87. The molecule has 5 heteroatoms. The second-order valence-corrected chi connectivity index (χ2v) is 7.10. The van der Waals surface area contributed by atoms with Crippen LogP contribution < -0.4 is 15.0 Å². The molecule has 0 saturated carbocycles. The molecule has 0 unspecified atom stereocenters. The van der Waals surface area contributed by atoms with Crippen molar-refractivity contribution in [1.29, 1.82) is 0 Å². The van der Waals surface area contributed by atoms with Crippen LogP contribution in [-0.2, 0) is 16.0 Å². The summed E-state index contributed by atoms with van der Waals surface area (Å²) < 4.78 is 5.60. The fourth-order valence-corrected chi connectivity index (χ4v) is 3.14. The molecule has 150 valence electrons. The first-order chi connectivity index (χ1) is 13.3. The highest BCUT2D eigenvalue weighted by molar-refractivity contribution is 5.95. The fourth-order valence-electron chi connectivity index (χ4n) is 3.14. The van der Waals surface area contributed by atoms with E-state index in [2.05, 4.69) is 12.2 Å². The summed E-state index contributed by atoms with van der Waals surface area (Å²) in [6.07, 6.45) is 1.16. The average Bonchev–Trinajstić information content (AvgIpc) is 2.63. The molecule has 0 aromatic heterocycles. The lowest BCUT2D eigenvalue weighted by molar-refractivity contribution is -0.117. The van der Waals surface area contributed by atoms with Crippen molar-refractivity contribution in [3.8, 4) is 5.75 Å². The zero-order chi connectivity index (χ0) is 20.7. The lowest BCUT2D eigenvalue weighted by Crippen LogP contribution is -2.33. The van der Waals surface area contributed by atoms with Crippen LogP contribution in [0.25, 0.3) is 0 Å². The highest BCUT2D eigenvalue weighted by Crippen LogP contribution is 2.26. The van der Waals surface area contributed by atoms with Crippen molar-refractivity contribution < 1.29 is 14.3 Å². The lowest BCUT2D eigenvalue weighted by Gasteiger charge is -2.25. The number of hydrogen-bond acceptors (Lipinski definition) is 3. The molecule has 5 nitrogen and oxygen atoms in total. The number of carbonyl (C=O) groups excluding carboxylic acids is 2. The van der Waals surface area contributed by atoms with Gasteiger partial charge in [-0.1, -0.05) is 25.1 Å². The Morgan fingerprint density at radius 3 is 2.36 bits per heavy atom. The van der Waals surface area contributed by atoms with E-state index < -0.39 is 0 Å². The van der Waals surface area contributed by atoms with Gasteiger partial charge in [-0.3, -0.25) is 9.59 Å². The van der Waals surface area contributed by atoms with Crippen molar-refractivity contribution in [2.24, 2.45) is 0 Å². The minimum Gasteiger partial charge on any atom is -0.491 e. The first-order valence-electron chi connectivity index (χ1n) is 9.75. The molecule has 2 amide bonds. The van der Waals surface area contributed by atoms with Gasteiger partial charge in [0.05, 0.1) is 6.10 Å². The third kappa shape index (κ3) is 5.84. The largest absolute Gasteiger partial charge is 0.491 e. The van der Waals surface area contributed by atoms with Gasteiger partial charge >= 0.3 is 0 Å². The van der Waals surface area contributed by atoms with Gasteiger partial charge in [-0.2, -0.15) is 0 Å². The van der Waals surface area contributed by atoms with Crippen LogP contribution in [0.15, 0.2) is 42.5 Å². The quantitative estimate of drug-likeness (QED) is 0.718. The molecule has 0 spiro atoms. The second kappa shape index (κ2) is 9.93. The Balaban J connectivity index is 2.02. The van der Waals surface area contributed by atoms with Crippen molar-refractivity contribution >= 4 is 23.2 Å². The average molecular weight is 383 g/mol. The van der Waals surface area contributed by atoms with Gasteiger partial charge in [-0.25, -0.2) is 0 Å². The second-order valence-electron chi connectivity index (χ2n) is 7.10. The minimum atomic E-state index is -0.129. The third-order valence-corrected chi connectivity index (χ3v) is 4.42. The van der Waals surface area contributed by atoms with Crippen LogP contribution in [0.4, 0.5) is 11.4 Å². The molecule has 0 bridgehead atoms. The predicted molar refractivity (Wildman–Crippen MR) is 114 cm³/mol. The summed E-state index contributed by atoms with van der Waals surface area (Å²) in [6, 6.07) is 13.3. The van der Waals surface area contributed by atoms with Crippen molar-refractivity contribution in [2.45, 2.75) is 53.6 Å². The number of nitrogens with one attached hydrogen (secondary N) is 1. The highest BCUT2D eigenvalue weighted by Gasteiger charge is 2.18. The number of anilines is 2. The number of benzene rings is 2. The van der Waals surface area contributed by atoms with Gasteiger partial charge in [0, 0.05) is 31.3 Å². The number of carbonyl (C=O) groups is 2. The maximum atomic E-state index is 12.4. The number of hydrogen-bond donors (Lipinski definition) is 1. The zero-order valence-electron chi connectivity index (χ0n) is 17.4. The van der Waals surface area contributed by atoms with Gasteiger partial charge in [-0.15, -0.1) is 0 Å². The van der Waals surface area contributed by atoms with E-state index in [4.69, 9.17) is 4.74 Å². The molecule has 0 atom stereocenters. The topological polar surface area (TPSA) is 58.6 Å². The molecule has 0 fully saturated rings. The summed E-state index contributed by atoms with van der Waals surface area (Å²) in [5, 5.41) is 2.88. The Kier molecular flexibility index (Phi) is 7.61. The van der Waals surface area contributed by atoms with E-state index in [0.29, 0.717) is 12.2 Å². The molecule has 2 rings (SSSR count). The lowest BCUT2D eigenvalue weighted by atomic mass is 10.0. The Bertz CT molecular complexity index is 813. The van der Waals surface area contributed by atoms with Crippen LogP contribution in [-0.4, -0.2) is 24.5 Å². The maximum Gasteiger partial charge on any atom is 0.226 e. The summed E-state index contributed by atoms with van der Waals surface area (Å²) >= 11 is 0. The SMILES string of the molecule is CCc1cccc(C)c1N(CCC(=O)Nc1ccc(OC(C)C)cc1)C(C)=O. The minimum absolute atomic E-state index is 0.0630. The van der Waals surface area contributed by atoms with Crippen LogP contribution >= 0.6 is 0 Å². The van der Waals surface area contributed by atoms with E-state index in [0.717, 1.165) is 29.0 Å². The molecule has 0 aliphatic rings. The van der Waals surface area contributed by atoms with Crippen molar-refractivity contribution in [2.75, 3.05) is 16.8 Å². The molecule has 2 aromatic carbocycles. The number of aryl methyl sites for hydroxylation is 2. The Morgan fingerprint density at radius 1 is 1.11 bits per heavy atom. The Labute approximate surface area is 167 Å². The molecule has 28 heavy (non-hydrogen) atoms. The molecular weight excluding hydrogens is 352 g/mol. The van der Waals surface area contributed by atoms with Gasteiger partial charge in [0.2, 0.25) is 11.8 Å². The number of para-hydroxylation sites is 1. The van der Waals surface area contributed by atoms with Crippen LogP contribution in [0.2, 0.25) is 0 Å². The van der Waals surface area contributed by atoms with Gasteiger partial charge < -0.3 is 15.0 Å². The van der Waals surface area contributed by atoms with Crippen LogP contribution in [0.3, 0.4) is 0 Å². The van der Waals surface area contributed by atoms with E-state index in [9.17, 15) is 9.59 Å². The normalized spacial score (nSPS) is 10.6. The van der Waals surface area contributed by atoms with E-state index >= 15 is 0 Å². The zero-order valence-corrected chi connectivity index (χ0v) is 17.4. The fraction of sp³-hybridized carbons (Fsp3) is 0.391. The third-order valence-electron chi connectivity index (χ3n) is 4.42. The molecule has 2 aromatic rings. The predicted octanol–water partition coefficient (Wildman–Crippen LogP) is 4.73. The molecule has 0 radical (unpaired) electrons. The number of rotatable bonds is 8. The van der Waals surface area contributed by atoms with Gasteiger partial charge in [0.15, 0.2) is 0 Å². The monoisotopic (exact) mass is 382 g/mol. The van der Waals surface area contributed by atoms with Crippen LogP contribution in [0, 0.1) is 6.92 Å². The smallest absolute Gasteiger partial charge is 0.226 e. The molecule has 0 aliphatic carbocycles. The highest BCUT2D eigenvalue weighted by atomic mass is 16.5. The van der Waals surface area contributed by atoms with Gasteiger partial charge in [0.1, 0.15) is 5.75 Å². The Hall–Kier alpha value is -2.82. The van der Waals surface area contributed by atoms with Gasteiger partial charge in [-0.05, 0) is 62.6 Å². The molecule has 0 heterocycles. The maximum absolute atomic E-state index is 12.4. The standard InChI is InChI=1S/C23H30N2O3/c1-6-19-9-7-8-17(4)23(19)25(18(5)26)15-14-22(27)24-20-10-12-21(13-11-20)28-16(2)3/h7-13,16H,6,14-15H2,1-5H3,(H,24,27). The number of amides is 2.